The maximum absolute atomic E-state index is 6.19. The number of nitrogens with two attached hydrogens (primary N) is 1. The van der Waals surface area contributed by atoms with Crippen LogP contribution in [0.2, 0.25) is 0 Å². The summed E-state index contributed by atoms with van der Waals surface area (Å²) in [4.78, 5) is 0. The molecule has 0 aromatic carbocycles. The molecule has 1 aliphatic carbocycles. The smallest absolute Gasteiger partial charge is 0.0239 e. The highest BCUT2D eigenvalue weighted by Crippen LogP contribution is 2.46. The van der Waals surface area contributed by atoms with Gasteiger partial charge >= 0.3 is 0 Å². The van der Waals surface area contributed by atoms with Gasteiger partial charge in [0.2, 0.25) is 0 Å². The fourth-order valence-electron chi connectivity index (χ4n) is 2.60. The summed E-state index contributed by atoms with van der Waals surface area (Å²) >= 11 is 0. The minimum absolute atomic E-state index is 0.0429. The molecule has 0 bridgehead atoms. The molecule has 0 aliphatic heterocycles. The van der Waals surface area contributed by atoms with Gasteiger partial charge in [-0.2, -0.15) is 0 Å². The molecule has 1 heteroatoms. The summed E-state index contributed by atoms with van der Waals surface area (Å²) < 4.78 is 0. The van der Waals surface area contributed by atoms with E-state index in [0.29, 0.717) is 0 Å². The molecule has 2 N–H and O–H groups in total. The van der Waals surface area contributed by atoms with E-state index in [1.54, 1.807) is 0 Å². The standard InChI is InChI=1S/C17H25N/c1-7-14-9-8-11-17(6,12-10-14)15(2,3)13-16(4,5)18/h1,8-12H,13,18H2,2-6H3. The SMILES string of the molecule is C#CC1=CC=CC(C)(C(C)(C)CC(C)(C)N)C=C1. The molecule has 0 saturated heterocycles. The van der Waals surface area contributed by atoms with Crippen LogP contribution in [0.25, 0.3) is 0 Å². The Morgan fingerprint density at radius 2 is 1.89 bits per heavy atom. The molecule has 0 amide bonds. The number of allylic oxidation sites excluding steroid dienone is 6. The molecule has 0 aromatic rings. The molecule has 1 rings (SSSR count). The first kappa shape index (κ1) is 14.8. The lowest BCUT2D eigenvalue weighted by Gasteiger charge is -2.44. The predicted molar refractivity (Wildman–Crippen MR) is 80.0 cm³/mol. The molecule has 98 valence electrons. The zero-order valence-electron chi connectivity index (χ0n) is 12.2. The van der Waals surface area contributed by atoms with Gasteiger partial charge in [0.1, 0.15) is 0 Å². The van der Waals surface area contributed by atoms with Crippen LogP contribution in [-0.4, -0.2) is 5.54 Å². The Balaban J connectivity index is 3.06. The third kappa shape index (κ3) is 3.37. The lowest BCUT2D eigenvalue weighted by atomic mass is 9.62. The van der Waals surface area contributed by atoms with E-state index in [1.165, 1.54) is 0 Å². The van der Waals surface area contributed by atoms with Gasteiger partial charge in [-0.3, -0.25) is 0 Å². The topological polar surface area (TPSA) is 26.0 Å². The average Bonchev–Trinajstić information content (AvgIpc) is 2.37. The van der Waals surface area contributed by atoms with Crippen molar-refractivity contribution in [3.8, 4) is 12.3 Å². The Hall–Kier alpha value is -1.26. The van der Waals surface area contributed by atoms with Crippen molar-refractivity contribution in [2.24, 2.45) is 16.6 Å². The Bertz CT molecular complexity index is 435. The molecule has 1 aliphatic rings. The molecule has 0 spiro atoms. The van der Waals surface area contributed by atoms with Crippen molar-refractivity contribution < 1.29 is 0 Å². The van der Waals surface area contributed by atoms with Gasteiger partial charge in [0, 0.05) is 16.5 Å². The minimum atomic E-state index is -0.178. The lowest BCUT2D eigenvalue weighted by Crippen LogP contribution is -2.43. The van der Waals surface area contributed by atoms with Crippen molar-refractivity contribution in [2.45, 2.75) is 46.6 Å². The third-order valence-electron chi connectivity index (χ3n) is 3.85. The van der Waals surface area contributed by atoms with Crippen LogP contribution in [-0.2, 0) is 0 Å². The molecule has 0 aromatic heterocycles. The lowest BCUT2D eigenvalue weighted by molar-refractivity contribution is 0.145. The fraction of sp³-hybridized carbons (Fsp3) is 0.529. The van der Waals surface area contributed by atoms with E-state index in [1.807, 2.05) is 12.2 Å². The maximum Gasteiger partial charge on any atom is 0.0239 e. The van der Waals surface area contributed by atoms with Crippen LogP contribution in [0.4, 0.5) is 0 Å². The molecule has 18 heavy (non-hydrogen) atoms. The molecular weight excluding hydrogens is 218 g/mol. The summed E-state index contributed by atoms with van der Waals surface area (Å²) in [6.07, 6.45) is 16.9. The van der Waals surface area contributed by atoms with Crippen molar-refractivity contribution in [1.29, 1.82) is 0 Å². The highest BCUT2D eigenvalue weighted by Gasteiger charge is 2.39. The zero-order chi connectivity index (χ0) is 14.0. The van der Waals surface area contributed by atoms with E-state index in [4.69, 9.17) is 12.2 Å². The highest BCUT2D eigenvalue weighted by molar-refractivity contribution is 5.42. The van der Waals surface area contributed by atoms with Crippen LogP contribution < -0.4 is 5.73 Å². The van der Waals surface area contributed by atoms with Crippen LogP contribution in [0.3, 0.4) is 0 Å². The molecule has 0 saturated carbocycles. The van der Waals surface area contributed by atoms with Crippen molar-refractivity contribution in [2.75, 3.05) is 0 Å². The Morgan fingerprint density at radius 1 is 1.28 bits per heavy atom. The number of hydrogen-bond donors (Lipinski definition) is 1. The molecule has 0 heterocycles. The molecule has 1 unspecified atom stereocenters. The largest absolute Gasteiger partial charge is 0.326 e. The van der Waals surface area contributed by atoms with Gasteiger partial charge in [0.15, 0.2) is 0 Å². The van der Waals surface area contributed by atoms with Gasteiger partial charge in [0.25, 0.3) is 0 Å². The first-order chi connectivity index (χ1) is 8.10. The molecule has 0 radical (unpaired) electrons. The van der Waals surface area contributed by atoms with Crippen LogP contribution >= 0.6 is 0 Å². The van der Waals surface area contributed by atoms with Crippen molar-refractivity contribution in [3.63, 3.8) is 0 Å². The predicted octanol–water partition coefficient (Wildman–Crippen LogP) is 3.83. The van der Waals surface area contributed by atoms with Crippen molar-refractivity contribution in [3.05, 3.63) is 36.0 Å². The van der Waals surface area contributed by atoms with Gasteiger partial charge in [-0.05, 0) is 37.8 Å². The first-order valence-electron chi connectivity index (χ1n) is 6.44. The van der Waals surface area contributed by atoms with Crippen LogP contribution in [0, 0.1) is 23.2 Å². The minimum Gasteiger partial charge on any atom is -0.326 e. The Labute approximate surface area is 112 Å². The van der Waals surface area contributed by atoms with E-state index in [-0.39, 0.29) is 16.4 Å². The summed E-state index contributed by atoms with van der Waals surface area (Å²) in [6.45, 7) is 10.9. The van der Waals surface area contributed by atoms with Gasteiger partial charge in [0.05, 0.1) is 0 Å². The van der Waals surface area contributed by atoms with E-state index in [2.05, 4.69) is 58.8 Å². The van der Waals surface area contributed by atoms with Crippen LogP contribution in [0.15, 0.2) is 36.0 Å². The van der Waals surface area contributed by atoms with E-state index < -0.39 is 0 Å². The Kier molecular flexibility index (Phi) is 3.93. The van der Waals surface area contributed by atoms with Crippen molar-refractivity contribution in [1.82, 2.24) is 0 Å². The van der Waals surface area contributed by atoms with Crippen molar-refractivity contribution >= 4 is 0 Å². The molecule has 1 nitrogen and oxygen atoms in total. The second kappa shape index (κ2) is 4.78. The summed E-state index contributed by atoms with van der Waals surface area (Å²) in [5.41, 5.74) is 6.95. The van der Waals surface area contributed by atoms with E-state index in [0.717, 1.165) is 12.0 Å². The van der Waals surface area contributed by atoms with Gasteiger partial charge in [-0.15, -0.1) is 6.42 Å². The zero-order valence-corrected chi connectivity index (χ0v) is 12.2. The fourth-order valence-corrected chi connectivity index (χ4v) is 2.60. The average molecular weight is 243 g/mol. The van der Waals surface area contributed by atoms with E-state index in [9.17, 15) is 0 Å². The molecular formula is C17H25N. The summed E-state index contributed by atoms with van der Waals surface area (Å²) in [7, 11) is 0. The van der Waals surface area contributed by atoms with Gasteiger partial charge in [-0.25, -0.2) is 0 Å². The third-order valence-corrected chi connectivity index (χ3v) is 3.85. The highest BCUT2D eigenvalue weighted by atomic mass is 14.7. The maximum atomic E-state index is 6.19. The number of hydrogen-bond acceptors (Lipinski definition) is 1. The Morgan fingerprint density at radius 3 is 2.39 bits per heavy atom. The molecule has 0 fully saturated rings. The number of terminal acetylenes is 1. The summed E-state index contributed by atoms with van der Waals surface area (Å²) in [5.74, 6) is 2.68. The van der Waals surface area contributed by atoms with E-state index >= 15 is 0 Å². The quantitative estimate of drug-likeness (QED) is 0.749. The number of rotatable bonds is 3. The second-order valence-corrected chi connectivity index (χ2v) is 6.79. The first-order valence-corrected chi connectivity index (χ1v) is 6.44. The summed E-state index contributed by atoms with van der Waals surface area (Å²) in [5, 5.41) is 0. The van der Waals surface area contributed by atoms with Gasteiger partial charge in [-0.1, -0.05) is 44.9 Å². The second-order valence-electron chi connectivity index (χ2n) is 6.79. The molecule has 1 atom stereocenters. The van der Waals surface area contributed by atoms with Crippen LogP contribution in [0.5, 0.6) is 0 Å². The normalized spacial score (nSPS) is 24.4. The van der Waals surface area contributed by atoms with Gasteiger partial charge < -0.3 is 5.73 Å². The monoisotopic (exact) mass is 243 g/mol. The van der Waals surface area contributed by atoms with Crippen LogP contribution in [0.1, 0.15) is 41.0 Å². The summed E-state index contributed by atoms with van der Waals surface area (Å²) in [6, 6.07) is 0.